The Labute approximate surface area is 197 Å². The van der Waals surface area contributed by atoms with E-state index in [0.717, 1.165) is 49.1 Å². The first-order valence-corrected chi connectivity index (χ1v) is 11.3. The number of halogens is 3. The van der Waals surface area contributed by atoms with Crippen LogP contribution in [0, 0.1) is 0 Å². The Morgan fingerprint density at radius 3 is 2.55 bits per heavy atom. The van der Waals surface area contributed by atoms with Crippen molar-refractivity contribution in [3.05, 3.63) is 53.1 Å². The lowest BCUT2D eigenvalue weighted by atomic mass is 9.92. The summed E-state index contributed by atoms with van der Waals surface area (Å²) in [5, 5.41) is 3.89. The van der Waals surface area contributed by atoms with Crippen LogP contribution >= 0.6 is 12.2 Å². The van der Waals surface area contributed by atoms with Gasteiger partial charge < -0.3 is 24.4 Å². The molecule has 5 nitrogen and oxygen atoms in total. The maximum atomic E-state index is 13.1. The van der Waals surface area contributed by atoms with E-state index < -0.39 is 11.7 Å². The summed E-state index contributed by atoms with van der Waals surface area (Å²) in [6.07, 6.45) is -1.67. The van der Waals surface area contributed by atoms with Gasteiger partial charge >= 0.3 is 6.18 Å². The van der Waals surface area contributed by atoms with E-state index >= 15 is 0 Å². The van der Waals surface area contributed by atoms with Crippen molar-refractivity contribution >= 4 is 17.3 Å². The Kier molecular flexibility index (Phi) is 8.29. The molecule has 0 saturated heterocycles. The van der Waals surface area contributed by atoms with Gasteiger partial charge in [0.15, 0.2) is 16.6 Å². The molecular formula is C24H29F3N2O3S. The molecule has 0 fully saturated rings. The van der Waals surface area contributed by atoms with Gasteiger partial charge in [0, 0.05) is 13.1 Å². The Bertz CT molecular complexity index is 968. The minimum atomic E-state index is -4.43. The topological polar surface area (TPSA) is 43.0 Å². The molecular weight excluding hydrogens is 453 g/mol. The average Bonchev–Trinajstić information content (AvgIpc) is 2.81. The van der Waals surface area contributed by atoms with Crippen LogP contribution in [0.4, 0.5) is 13.2 Å². The minimum absolute atomic E-state index is 0.124. The highest BCUT2D eigenvalue weighted by atomic mass is 32.1. The highest BCUT2D eigenvalue weighted by Crippen LogP contribution is 2.39. The van der Waals surface area contributed by atoms with Crippen molar-refractivity contribution < 1.29 is 27.4 Å². The fourth-order valence-corrected chi connectivity index (χ4v) is 4.18. The number of fused-ring (bicyclic) bond motifs is 1. The van der Waals surface area contributed by atoms with Crippen LogP contribution in [-0.2, 0) is 12.6 Å². The zero-order valence-corrected chi connectivity index (χ0v) is 19.8. The molecule has 33 heavy (non-hydrogen) atoms. The number of hydrogen-bond acceptors (Lipinski definition) is 4. The van der Waals surface area contributed by atoms with Gasteiger partial charge in [-0.3, -0.25) is 0 Å². The van der Waals surface area contributed by atoms with Crippen LogP contribution in [0.2, 0.25) is 0 Å². The van der Waals surface area contributed by atoms with Gasteiger partial charge in [-0.05, 0) is 66.5 Å². The second-order valence-corrected chi connectivity index (χ2v) is 8.17. The quantitative estimate of drug-likeness (QED) is 0.403. The van der Waals surface area contributed by atoms with Crippen molar-refractivity contribution in [2.75, 3.05) is 33.9 Å². The molecule has 0 amide bonds. The fourth-order valence-electron chi connectivity index (χ4n) is 3.86. The van der Waals surface area contributed by atoms with Gasteiger partial charge in [0.05, 0.1) is 25.8 Å². The number of hydrogen-bond donors (Lipinski definition) is 1. The van der Waals surface area contributed by atoms with Crippen molar-refractivity contribution in [1.29, 1.82) is 0 Å². The second kappa shape index (κ2) is 11.0. The Morgan fingerprint density at radius 1 is 1.15 bits per heavy atom. The molecule has 0 aliphatic carbocycles. The van der Waals surface area contributed by atoms with Crippen LogP contribution in [0.3, 0.4) is 0 Å². The van der Waals surface area contributed by atoms with E-state index in [2.05, 4.69) is 12.2 Å². The van der Waals surface area contributed by atoms with Gasteiger partial charge in [-0.15, -0.1) is 0 Å². The Morgan fingerprint density at radius 2 is 1.88 bits per heavy atom. The molecule has 0 spiro atoms. The number of rotatable bonds is 8. The largest absolute Gasteiger partial charge is 0.493 e. The van der Waals surface area contributed by atoms with E-state index in [-0.39, 0.29) is 18.4 Å². The maximum absolute atomic E-state index is 13.1. The highest BCUT2D eigenvalue weighted by molar-refractivity contribution is 7.80. The predicted octanol–water partition coefficient (Wildman–Crippen LogP) is 5.38. The van der Waals surface area contributed by atoms with Crippen molar-refractivity contribution in [3.8, 4) is 17.2 Å². The summed E-state index contributed by atoms with van der Waals surface area (Å²) < 4.78 is 56.1. The SMILES string of the molecule is CCCCNC(=S)N1CCc2cc(OC)c(OC)cc2[C@@H]1COc1cccc(C(F)(F)F)c1. The molecule has 1 aliphatic heterocycles. The summed E-state index contributed by atoms with van der Waals surface area (Å²) in [6, 6.07) is 8.45. The third kappa shape index (κ3) is 6.01. The number of nitrogens with zero attached hydrogens (tertiary/aromatic N) is 1. The lowest BCUT2D eigenvalue weighted by Gasteiger charge is -2.39. The fraction of sp³-hybridized carbons (Fsp3) is 0.458. The van der Waals surface area contributed by atoms with Crippen LogP contribution in [0.5, 0.6) is 17.2 Å². The molecule has 0 radical (unpaired) electrons. The lowest BCUT2D eigenvalue weighted by Crippen LogP contribution is -2.47. The van der Waals surface area contributed by atoms with Gasteiger partial charge in [-0.1, -0.05) is 19.4 Å². The van der Waals surface area contributed by atoms with Crippen LogP contribution < -0.4 is 19.5 Å². The van der Waals surface area contributed by atoms with E-state index in [1.807, 2.05) is 17.0 Å². The first-order chi connectivity index (χ1) is 15.8. The molecule has 0 bridgehead atoms. The average molecular weight is 483 g/mol. The molecule has 180 valence electrons. The number of nitrogens with one attached hydrogen (secondary N) is 1. The monoisotopic (exact) mass is 482 g/mol. The third-order valence-electron chi connectivity index (χ3n) is 5.64. The molecule has 1 N–H and O–H groups in total. The molecule has 0 unspecified atom stereocenters. The third-order valence-corrected chi connectivity index (χ3v) is 6.02. The molecule has 0 aromatic heterocycles. The summed E-state index contributed by atoms with van der Waals surface area (Å²) in [4.78, 5) is 2.03. The molecule has 1 heterocycles. The number of ether oxygens (including phenoxy) is 3. The van der Waals surface area contributed by atoms with Crippen molar-refractivity contribution in [3.63, 3.8) is 0 Å². The van der Waals surface area contributed by atoms with E-state index in [1.54, 1.807) is 14.2 Å². The zero-order chi connectivity index (χ0) is 24.0. The Balaban J connectivity index is 1.90. The van der Waals surface area contributed by atoms with Crippen LogP contribution in [0.1, 0.15) is 42.5 Å². The van der Waals surface area contributed by atoms with Gasteiger partial charge in [0.2, 0.25) is 0 Å². The molecule has 1 aliphatic rings. The minimum Gasteiger partial charge on any atom is -0.493 e. The van der Waals surface area contributed by atoms with Crippen molar-refractivity contribution in [1.82, 2.24) is 10.2 Å². The zero-order valence-electron chi connectivity index (χ0n) is 19.0. The molecule has 2 aromatic carbocycles. The first-order valence-electron chi connectivity index (χ1n) is 10.9. The molecule has 1 atom stereocenters. The van der Waals surface area contributed by atoms with E-state index in [0.29, 0.717) is 23.2 Å². The molecule has 2 aromatic rings. The number of thiocarbonyl (C=S) groups is 1. The van der Waals surface area contributed by atoms with Crippen LogP contribution in [0.25, 0.3) is 0 Å². The van der Waals surface area contributed by atoms with Gasteiger partial charge in [-0.2, -0.15) is 13.2 Å². The summed E-state index contributed by atoms with van der Waals surface area (Å²) in [7, 11) is 3.15. The Hall–Kier alpha value is -2.68. The number of alkyl halides is 3. The lowest BCUT2D eigenvalue weighted by molar-refractivity contribution is -0.137. The van der Waals surface area contributed by atoms with E-state index in [4.69, 9.17) is 26.4 Å². The molecule has 0 saturated carbocycles. The summed E-state index contributed by atoms with van der Waals surface area (Å²) >= 11 is 5.66. The molecule has 3 rings (SSSR count). The van der Waals surface area contributed by atoms with Gasteiger partial charge in [0.1, 0.15) is 12.4 Å². The van der Waals surface area contributed by atoms with Crippen LogP contribution in [-0.4, -0.2) is 43.9 Å². The predicted molar refractivity (Wildman–Crippen MR) is 125 cm³/mol. The van der Waals surface area contributed by atoms with Gasteiger partial charge in [-0.25, -0.2) is 0 Å². The second-order valence-electron chi connectivity index (χ2n) is 7.79. The smallest absolute Gasteiger partial charge is 0.416 e. The number of benzene rings is 2. The first kappa shape index (κ1) is 25.0. The van der Waals surface area contributed by atoms with Crippen LogP contribution in [0.15, 0.2) is 36.4 Å². The van der Waals surface area contributed by atoms with Crippen molar-refractivity contribution in [2.45, 2.75) is 38.4 Å². The van der Waals surface area contributed by atoms with E-state index in [9.17, 15) is 13.2 Å². The number of methoxy groups -OCH3 is 2. The summed E-state index contributed by atoms with van der Waals surface area (Å²) in [5.41, 5.74) is 1.27. The van der Waals surface area contributed by atoms with Gasteiger partial charge in [0.25, 0.3) is 0 Å². The standard InChI is InChI=1S/C24H29F3N2O3S/c1-4-5-10-28-23(33)29-11-9-16-12-21(30-2)22(31-3)14-19(16)20(29)15-32-18-8-6-7-17(13-18)24(25,26)27/h6-8,12-14,20H,4-5,9-11,15H2,1-3H3,(H,28,33)/t20-/m0/s1. The summed E-state index contributed by atoms with van der Waals surface area (Å²) in [6.45, 7) is 3.63. The normalized spacial score (nSPS) is 15.6. The summed E-state index contributed by atoms with van der Waals surface area (Å²) in [5.74, 6) is 1.36. The van der Waals surface area contributed by atoms with Crippen molar-refractivity contribution in [2.24, 2.45) is 0 Å². The maximum Gasteiger partial charge on any atom is 0.416 e. The molecule has 9 heteroatoms. The van der Waals surface area contributed by atoms with E-state index in [1.165, 1.54) is 12.1 Å². The highest BCUT2D eigenvalue weighted by Gasteiger charge is 2.33. The number of unbranched alkanes of at least 4 members (excludes halogenated alkanes) is 1.